The summed E-state index contributed by atoms with van der Waals surface area (Å²) in [6, 6.07) is 3.34. The summed E-state index contributed by atoms with van der Waals surface area (Å²) in [6.07, 6.45) is 1.20. The van der Waals surface area contributed by atoms with Gasteiger partial charge in [0.05, 0.1) is 33.1 Å². The second-order valence-corrected chi connectivity index (χ2v) is 5.24. The topological polar surface area (TPSA) is 88.1 Å². The SMILES string of the molecule is COc1cc(Br)c(NC2=CC(=O)N(CCO)C2=O)cc1OC. The summed E-state index contributed by atoms with van der Waals surface area (Å²) in [6.45, 7) is -0.314. The number of amides is 2. The third-order valence-electron chi connectivity index (χ3n) is 3.08. The zero-order valence-corrected chi connectivity index (χ0v) is 13.6. The Morgan fingerprint density at radius 3 is 2.45 bits per heavy atom. The van der Waals surface area contributed by atoms with Gasteiger partial charge in [-0.2, -0.15) is 0 Å². The van der Waals surface area contributed by atoms with Gasteiger partial charge in [-0.3, -0.25) is 14.5 Å². The molecule has 0 spiro atoms. The Labute approximate surface area is 135 Å². The van der Waals surface area contributed by atoms with Crippen molar-refractivity contribution in [3.8, 4) is 11.5 Å². The van der Waals surface area contributed by atoms with Crippen LogP contribution in [0, 0.1) is 0 Å². The molecule has 2 N–H and O–H groups in total. The number of β-amino-alcohol motifs (C(OH)–C–C–N with tert-alkyl or cyclic N) is 1. The van der Waals surface area contributed by atoms with Crippen LogP contribution >= 0.6 is 15.9 Å². The van der Waals surface area contributed by atoms with E-state index in [0.717, 1.165) is 4.90 Å². The van der Waals surface area contributed by atoms with E-state index in [1.807, 2.05) is 0 Å². The van der Waals surface area contributed by atoms with E-state index in [9.17, 15) is 9.59 Å². The summed E-state index contributed by atoms with van der Waals surface area (Å²) in [5.74, 6) is 0.0707. The first kappa shape index (κ1) is 16.3. The molecule has 118 valence electrons. The number of hydrogen-bond donors (Lipinski definition) is 2. The minimum absolute atomic E-state index is 0.0353. The molecule has 0 radical (unpaired) electrons. The number of benzene rings is 1. The highest BCUT2D eigenvalue weighted by Crippen LogP contribution is 2.37. The smallest absolute Gasteiger partial charge is 0.277 e. The molecule has 0 aromatic heterocycles. The van der Waals surface area contributed by atoms with E-state index in [1.165, 1.54) is 20.3 Å². The van der Waals surface area contributed by atoms with Gasteiger partial charge < -0.3 is 19.9 Å². The fourth-order valence-electron chi connectivity index (χ4n) is 2.00. The van der Waals surface area contributed by atoms with E-state index in [1.54, 1.807) is 12.1 Å². The van der Waals surface area contributed by atoms with Gasteiger partial charge in [0.15, 0.2) is 11.5 Å². The molecule has 8 heteroatoms. The monoisotopic (exact) mass is 370 g/mol. The molecule has 1 aromatic rings. The van der Waals surface area contributed by atoms with E-state index in [2.05, 4.69) is 21.2 Å². The number of aliphatic hydroxyl groups excluding tert-OH is 1. The van der Waals surface area contributed by atoms with Crippen LogP contribution in [-0.2, 0) is 9.59 Å². The molecule has 0 atom stereocenters. The number of aliphatic hydroxyl groups is 1. The van der Waals surface area contributed by atoms with Gasteiger partial charge in [0, 0.05) is 22.7 Å². The van der Waals surface area contributed by atoms with Crippen molar-refractivity contribution in [2.24, 2.45) is 0 Å². The fourth-order valence-corrected chi connectivity index (χ4v) is 2.43. The number of imide groups is 1. The normalized spacial score (nSPS) is 14.2. The van der Waals surface area contributed by atoms with Crippen molar-refractivity contribution in [2.75, 3.05) is 32.7 Å². The predicted molar refractivity (Wildman–Crippen MR) is 82.8 cm³/mol. The molecule has 0 fully saturated rings. The molecular weight excluding hydrogens is 356 g/mol. The zero-order valence-electron chi connectivity index (χ0n) is 12.1. The number of hydrogen-bond acceptors (Lipinski definition) is 6. The lowest BCUT2D eigenvalue weighted by molar-refractivity contribution is -0.137. The highest BCUT2D eigenvalue weighted by molar-refractivity contribution is 9.10. The van der Waals surface area contributed by atoms with Crippen LogP contribution in [0.3, 0.4) is 0 Å². The second kappa shape index (κ2) is 6.80. The van der Waals surface area contributed by atoms with Crippen LogP contribution in [0.5, 0.6) is 11.5 Å². The van der Waals surface area contributed by atoms with Crippen LogP contribution in [0.1, 0.15) is 0 Å². The Morgan fingerprint density at radius 2 is 1.86 bits per heavy atom. The summed E-state index contributed by atoms with van der Waals surface area (Å²) in [5, 5.41) is 11.8. The molecular formula is C14H15BrN2O5. The third-order valence-corrected chi connectivity index (χ3v) is 3.73. The Morgan fingerprint density at radius 1 is 1.23 bits per heavy atom. The lowest BCUT2D eigenvalue weighted by atomic mass is 10.2. The summed E-state index contributed by atoms with van der Waals surface area (Å²) in [7, 11) is 3.02. The average molecular weight is 371 g/mol. The van der Waals surface area contributed by atoms with Gasteiger partial charge in [0.1, 0.15) is 5.70 Å². The maximum absolute atomic E-state index is 12.1. The van der Waals surface area contributed by atoms with Crippen molar-refractivity contribution in [1.82, 2.24) is 4.90 Å². The number of ether oxygens (including phenoxy) is 2. The van der Waals surface area contributed by atoms with E-state index in [0.29, 0.717) is 21.7 Å². The molecule has 22 heavy (non-hydrogen) atoms. The Kier molecular flexibility index (Phi) is 5.04. The summed E-state index contributed by atoms with van der Waals surface area (Å²) in [5.41, 5.74) is 0.683. The summed E-state index contributed by atoms with van der Waals surface area (Å²) in [4.78, 5) is 24.8. The summed E-state index contributed by atoms with van der Waals surface area (Å²) >= 11 is 3.36. The average Bonchev–Trinajstić information content (AvgIpc) is 2.76. The first-order valence-electron chi connectivity index (χ1n) is 6.38. The maximum Gasteiger partial charge on any atom is 0.277 e. The van der Waals surface area contributed by atoms with Crippen LogP contribution in [0.25, 0.3) is 0 Å². The lowest BCUT2D eigenvalue weighted by Crippen LogP contribution is -2.34. The minimum Gasteiger partial charge on any atom is -0.493 e. The van der Waals surface area contributed by atoms with Gasteiger partial charge in [-0.1, -0.05) is 0 Å². The third kappa shape index (κ3) is 3.07. The van der Waals surface area contributed by atoms with E-state index >= 15 is 0 Å². The van der Waals surface area contributed by atoms with Crippen molar-refractivity contribution >= 4 is 33.4 Å². The van der Waals surface area contributed by atoms with Gasteiger partial charge in [0.2, 0.25) is 0 Å². The first-order valence-corrected chi connectivity index (χ1v) is 7.18. The standard InChI is InChI=1S/C14H15BrN2O5/c1-21-11-5-8(15)9(6-12(11)22-2)16-10-7-13(19)17(3-4-18)14(10)20/h5-7,16,18H,3-4H2,1-2H3. The Hall–Kier alpha value is -2.06. The Balaban J connectivity index is 2.26. The number of rotatable bonds is 6. The fraction of sp³-hybridized carbons (Fsp3) is 0.286. The van der Waals surface area contributed by atoms with Crippen molar-refractivity contribution < 1.29 is 24.2 Å². The molecule has 1 aromatic carbocycles. The van der Waals surface area contributed by atoms with E-state index < -0.39 is 11.8 Å². The van der Waals surface area contributed by atoms with Gasteiger partial charge in [-0.25, -0.2) is 0 Å². The number of anilines is 1. The maximum atomic E-state index is 12.1. The molecule has 7 nitrogen and oxygen atoms in total. The highest BCUT2D eigenvalue weighted by Gasteiger charge is 2.31. The highest BCUT2D eigenvalue weighted by atomic mass is 79.9. The summed E-state index contributed by atoms with van der Waals surface area (Å²) < 4.78 is 11.0. The molecule has 0 saturated heterocycles. The minimum atomic E-state index is -0.485. The number of methoxy groups -OCH3 is 2. The van der Waals surface area contributed by atoms with Crippen molar-refractivity contribution in [3.05, 3.63) is 28.4 Å². The van der Waals surface area contributed by atoms with E-state index in [4.69, 9.17) is 14.6 Å². The molecule has 1 heterocycles. The molecule has 0 unspecified atom stereocenters. The number of nitrogens with one attached hydrogen (secondary N) is 1. The zero-order chi connectivity index (χ0) is 16.3. The van der Waals surface area contributed by atoms with Gasteiger partial charge in [-0.05, 0) is 15.9 Å². The Bertz CT molecular complexity index is 644. The number of carbonyl (C=O) groups excluding carboxylic acids is 2. The molecule has 1 aliphatic rings. The molecule has 2 amide bonds. The quantitative estimate of drug-likeness (QED) is 0.729. The number of nitrogens with zero attached hydrogens (tertiary/aromatic N) is 1. The second-order valence-electron chi connectivity index (χ2n) is 4.39. The van der Waals surface area contributed by atoms with Crippen LogP contribution in [0.2, 0.25) is 0 Å². The van der Waals surface area contributed by atoms with Gasteiger partial charge in [0.25, 0.3) is 11.8 Å². The lowest BCUT2D eigenvalue weighted by Gasteiger charge is -2.15. The van der Waals surface area contributed by atoms with Crippen LogP contribution < -0.4 is 14.8 Å². The van der Waals surface area contributed by atoms with Crippen LogP contribution in [0.15, 0.2) is 28.4 Å². The molecule has 0 aliphatic carbocycles. The van der Waals surface area contributed by atoms with Crippen molar-refractivity contribution in [2.45, 2.75) is 0 Å². The van der Waals surface area contributed by atoms with Crippen molar-refractivity contribution in [3.63, 3.8) is 0 Å². The largest absolute Gasteiger partial charge is 0.493 e. The van der Waals surface area contributed by atoms with Crippen molar-refractivity contribution in [1.29, 1.82) is 0 Å². The molecule has 0 saturated carbocycles. The molecule has 0 bridgehead atoms. The van der Waals surface area contributed by atoms with Gasteiger partial charge in [-0.15, -0.1) is 0 Å². The predicted octanol–water partition coefficient (Wildman–Crippen LogP) is 1.12. The first-order chi connectivity index (χ1) is 10.5. The molecule has 2 rings (SSSR count). The van der Waals surface area contributed by atoms with E-state index in [-0.39, 0.29) is 18.8 Å². The number of carbonyl (C=O) groups is 2. The van der Waals surface area contributed by atoms with Crippen LogP contribution in [-0.4, -0.2) is 49.2 Å². The molecule has 1 aliphatic heterocycles. The van der Waals surface area contributed by atoms with Gasteiger partial charge >= 0.3 is 0 Å². The number of halogens is 1. The van der Waals surface area contributed by atoms with Crippen LogP contribution in [0.4, 0.5) is 5.69 Å².